The van der Waals surface area contributed by atoms with Gasteiger partial charge in [-0.2, -0.15) is 10.2 Å². The van der Waals surface area contributed by atoms with Gasteiger partial charge in [-0.1, -0.05) is 17.4 Å². The van der Waals surface area contributed by atoms with Gasteiger partial charge in [0.1, 0.15) is 21.2 Å². The lowest BCUT2D eigenvalue weighted by molar-refractivity contribution is -0.146. The van der Waals surface area contributed by atoms with Gasteiger partial charge in [0.25, 0.3) is 5.56 Å². The van der Waals surface area contributed by atoms with Crippen LogP contribution >= 0.6 is 11.3 Å². The zero-order chi connectivity index (χ0) is 24.1. The number of aromatic nitrogens is 5. The third-order valence-corrected chi connectivity index (χ3v) is 7.07. The molecule has 0 aliphatic carbocycles. The van der Waals surface area contributed by atoms with Crippen LogP contribution in [0.2, 0.25) is 0 Å². The van der Waals surface area contributed by atoms with Gasteiger partial charge < -0.3 is 5.11 Å². The number of hydrogen-bond acceptors (Lipinski definition) is 6. The van der Waals surface area contributed by atoms with Crippen molar-refractivity contribution in [3.05, 3.63) is 73.9 Å². The van der Waals surface area contributed by atoms with Crippen molar-refractivity contribution < 1.29 is 14.3 Å². The molecule has 3 aromatic heterocycles. The van der Waals surface area contributed by atoms with Gasteiger partial charge in [0, 0.05) is 12.1 Å². The number of hydrogen-bond donors (Lipinski definition) is 1. The quantitative estimate of drug-likeness (QED) is 0.463. The molecule has 0 aliphatic rings. The highest BCUT2D eigenvalue weighted by atomic mass is 32.1. The fraction of sp³-hybridized carbons (Fsp3) is 0.318. The summed E-state index contributed by atoms with van der Waals surface area (Å²) < 4.78 is 15.9. The zero-order valence-corrected chi connectivity index (χ0v) is 19.3. The lowest BCUT2D eigenvalue weighted by Gasteiger charge is -2.23. The van der Waals surface area contributed by atoms with Crippen LogP contribution < -0.4 is 11.2 Å². The summed E-state index contributed by atoms with van der Waals surface area (Å²) in [6.07, 6.45) is 3.31. The van der Waals surface area contributed by atoms with E-state index in [-0.39, 0.29) is 17.7 Å². The second-order valence-corrected chi connectivity index (χ2v) is 9.27. The predicted octanol–water partition coefficient (Wildman–Crippen LogP) is 2.62. The van der Waals surface area contributed by atoms with Gasteiger partial charge in [-0.3, -0.25) is 9.36 Å². The van der Waals surface area contributed by atoms with Crippen molar-refractivity contribution in [3.63, 3.8) is 0 Å². The lowest BCUT2D eigenvalue weighted by atomic mass is 10.0. The van der Waals surface area contributed by atoms with Crippen LogP contribution in [0.5, 0.6) is 0 Å². The summed E-state index contributed by atoms with van der Waals surface area (Å²) in [6, 6.07) is 4.44. The SMILES string of the molecule is Cc1ccc(F)cc1CCn1c(=O)n(C(C)(C)C(=O)O)c(=O)c2c(C)c(-n3nccn3)sc21. The van der Waals surface area contributed by atoms with Crippen LogP contribution in [0.3, 0.4) is 0 Å². The Balaban J connectivity index is 2.00. The first-order valence-corrected chi connectivity index (χ1v) is 11.0. The number of carboxylic acid groups (broad SMARTS) is 1. The van der Waals surface area contributed by atoms with Crippen LogP contribution in [-0.4, -0.2) is 35.2 Å². The molecule has 33 heavy (non-hydrogen) atoms. The van der Waals surface area contributed by atoms with Gasteiger partial charge in [-0.05, 0) is 57.4 Å². The Morgan fingerprint density at radius 2 is 1.85 bits per heavy atom. The summed E-state index contributed by atoms with van der Waals surface area (Å²) in [5, 5.41) is 18.8. The van der Waals surface area contributed by atoms with E-state index in [1.54, 1.807) is 13.0 Å². The van der Waals surface area contributed by atoms with E-state index in [9.17, 15) is 23.9 Å². The fourth-order valence-electron chi connectivity index (χ4n) is 3.77. The van der Waals surface area contributed by atoms with Crippen molar-refractivity contribution in [1.29, 1.82) is 0 Å². The van der Waals surface area contributed by atoms with E-state index in [0.717, 1.165) is 10.1 Å². The minimum absolute atomic E-state index is 0.127. The highest BCUT2D eigenvalue weighted by Crippen LogP contribution is 2.31. The van der Waals surface area contributed by atoms with Crippen LogP contribution in [0.25, 0.3) is 15.2 Å². The fourth-order valence-corrected chi connectivity index (χ4v) is 5.01. The first kappa shape index (κ1) is 22.6. The van der Waals surface area contributed by atoms with Crippen LogP contribution in [0.1, 0.15) is 30.5 Å². The van der Waals surface area contributed by atoms with E-state index in [4.69, 9.17) is 0 Å². The van der Waals surface area contributed by atoms with E-state index in [0.29, 0.717) is 27.4 Å². The molecule has 11 heteroatoms. The Kier molecular flexibility index (Phi) is 5.52. The number of aliphatic carboxylic acids is 1. The number of halogens is 1. The van der Waals surface area contributed by atoms with Crippen LogP contribution in [0, 0.1) is 19.7 Å². The number of aryl methyl sites for hydroxylation is 4. The van der Waals surface area contributed by atoms with E-state index >= 15 is 0 Å². The van der Waals surface area contributed by atoms with E-state index in [2.05, 4.69) is 10.2 Å². The monoisotopic (exact) mass is 471 g/mol. The maximum atomic E-state index is 13.8. The summed E-state index contributed by atoms with van der Waals surface area (Å²) in [5.74, 6) is -1.69. The molecule has 0 spiro atoms. The number of nitrogens with zero attached hydrogens (tertiary/aromatic N) is 5. The van der Waals surface area contributed by atoms with Crippen LogP contribution in [-0.2, 0) is 23.3 Å². The Hall–Kier alpha value is -3.60. The second-order valence-electron chi connectivity index (χ2n) is 8.29. The molecule has 0 radical (unpaired) electrons. The van der Waals surface area contributed by atoms with Crippen molar-refractivity contribution in [2.45, 2.75) is 46.2 Å². The maximum Gasteiger partial charge on any atom is 0.333 e. The third kappa shape index (κ3) is 3.67. The Labute approximate surface area is 191 Å². The number of rotatable bonds is 6. The summed E-state index contributed by atoms with van der Waals surface area (Å²) in [4.78, 5) is 40.6. The van der Waals surface area contributed by atoms with Crippen molar-refractivity contribution in [2.24, 2.45) is 0 Å². The second kappa shape index (κ2) is 8.07. The molecule has 0 unspecified atom stereocenters. The number of thiophene rings is 1. The first-order valence-electron chi connectivity index (χ1n) is 10.2. The van der Waals surface area contributed by atoms with Gasteiger partial charge in [0.15, 0.2) is 0 Å². The van der Waals surface area contributed by atoms with Crippen molar-refractivity contribution in [1.82, 2.24) is 24.1 Å². The molecule has 0 atom stereocenters. The van der Waals surface area contributed by atoms with Crippen molar-refractivity contribution >= 4 is 27.5 Å². The van der Waals surface area contributed by atoms with E-state index in [1.807, 2.05) is 6.92 Å². The third-order valence-electron chi connectivity index (χ3n) is 5.79. The number of fused-ring (bicyclic) bond motifs is 1. The molecule has 0 amide bonds. The standard InChI is InChI=1S/C22H22FN5O4S/c1-12-5-6-15(23)11-14(12)7-10-26-19-16(13(2)18(33-19)28-24-8-9-25-28)17(29)27(21(26)32)22(3,4)20(30)31/h5-6,8-9,11H,7,10H2,1-4H3,(H,30,31). The molecule has 9 nitrogen and oxygen atoms in total. The largest absolute Gasteiger partial charge is 0.480 e. The summed E-state index contributed by atoms with van der Waals surface area (Å²) in [7, 11) is 0. The van der Waals surface area contributed by atoms with Gasteiger partial charge in [0.05, 0.1) is 17.8 Å². The average molecular weight is 472 g/mol. The molecule has 0 saturated carbocycles. The predicted molar refractivity (Wildman–Crippen MR) is 122 cm³/mol. The normalized spacial score (nSPS) is 11.9. The zero-order valence-electron chi connectivity index (χ0n) is 18.5. The molecular formula is C22H22FN5O4S. The lowest BCUT2D eigenvalue weighted by Crippen LogP contribution is -2.52. The molecule has 1 N–H and O–H groups in total. The van der Waals surface area contributed by atoms with Gasteiger partial charge >= 0.3 is 11.7 Å². The summed E-state index contributed by atoms with van der Waals surface area (Å²) >= 11 is 1.17. The van der Waals surface area contributed by atoms with E-state index < -0.39 is 22.8 Å². The molecule has 0 aliphatic heterocycles. The molecule has 3 heterocycles. The summed E-state index contributed by atoms with van der Waals surface area (Å²) in [6.45, 7) is 6.30. The number of carboxylic acids is 1. The topological polar surface area (TPSA) is 112 Å². The first-order chi connectivity index (χ1) is 15.5. The molecule has 0 bridgehead atoms. The molecule has 172 valence electrons. The molecule has 4 aromatic rings. The highest BCUT2D eigenvalue weighted by molar-refractivity contribution is 7.21. The highest BCUT2D eigenvalue weighted by Gasteiger charge is 2.35. The van der Waals surface area contributed by atoms with Crippen molar-refractivity contribution in [2.75, 3.05) is 0 Å². The number of benzene rings is 1. The Morgan fingerprint density at radius 3 is 2.48 bits per heavy atom. The summed E-state index contributed by atoms with van der Waals surface area (Å²) in [5.41, 5.74) is -1.09. The van der Waals surface area contributed by atoms with Gasteiger partial charge in [-0.25, -0.2) is 18.5 Å². The minimum atomic E-state index is -1.78. The van der Waals surface area contributed by atoms with E-state index in [1.165, 1.54) is 59.1 Å². The maximum absolute atomic E-state index is 13.8. The molecule has 4 rings (SSSR count). The van der Waals surface area contributed by atoms with Crippen LogP contribution in [0.15, 0.2) is 40.2 Å². The molecular weight excluding hydrogens is 449 g/mol. The minimum Gasteiger partial charge on any atom is -0.480 e. The van der Waals surface area contributed by atoms with Gasteiger partial charge in [-0.15, -0.1) is 4.80 Å². The Morgan fingerprint density at radius 1 is 1.18 bits per heavy atom. The number of carbonyl (C=O) groups is 1. The molecule has 0 saturated heterocycles. The van der Waals surface area contributed by atoms with Gasteiger partial charge in [0.2, 0.25) is 0 Å². The average Bonchev–Trinajstić information content (AvgIpc) is 3.38. The molecule has 0 fully saturated rings. The van der Waals surface area contributed by atoms with Crippen molar-refractivity contribution in [3.8, 4) is 5.00 Å². The Bertz CT molecular complexity index is 1500. The van der Waals surface area contributed by atoms with Crippen LogP contribution in [0.4, 0.5) is 4.39 Å². The smallest absolute Gasteiger partial charge is 0.333 e. The molecule has 1 aromatic carbocycles.